The Morgan fingerprint density at radius 1 is 1.25 bits per heavy atom. The van der Waals surface area contributed by atoms with Crippen LogP contribution < -0.4 is 0 Å². The van der Waals surface area contributed by atoms with E-state index in [0.717, 1.165) is 25.1 Å². The summed E-state index contributed by atoms with van der Waals surface area (Å²) < 4.78 is 6.10. The molecule has 0 aromatic carbocycles. The lowest BCUT2D eigenvalue weighted by molar-refractivity contribution is 0.0508. The van der Waals surface area contributed by atoms with Crippen molar-refractivity contribution in [1.29, 1.82) is 0 Å². The molecule has 110 valence electrons. The van der Waals surface area contributed by atoms with E-state index in [1.165, 1.54) is 51.0 Å². The van der Waals surface area contributed by atoms with Crippen LogP contribution in [0.4, 0.5) is 0 Å². The quantitative estimate of drug-likeness (QED) is 0.829. The van der Waals surface area contributed by atoms with Crippen LogP contribution in [-0.2, 0) is 11.3 Å². The molecule has 4 heteroatoms. The Bertz CT molecular complexity index is 432. The average molecular weight is 292 g/mol. The van der Waals surface area contributed by atoms with E-state index in [1.807, 2.05) is 0 Å². The third-order valence-corrected chi connectivity index (χ3v) is 5.64. The highest BCUT2D eigenvalue weighted by atomic mass is 32.1. The molecule has 1 aliphatic carbocycles. The van der Waals surface area contributed by atoms with Gasteiger partial charge < -0.3 is 4.74 Å². The molecule has 0 amide bonds. The van der Waals surface area contributed by atoms with Crippen LogP contribution >= 0.6 is 11.3 Å². The molecule has 3 aliphatic rings. The van der Waals surface area contributed by atoms with Gasteiger partial charge in [-0.25, -0.2) is 0 Å². The molecule has 1 aromatic rings. The number of hydrogen-bond acceptors (Lipinski definition) is 4. The minimum atomic E-state index is 0.502. The fraction of sp³-hybridized carbons (Fsp3) is 0.750. The van der Waals surface area contributed by atoms with Crippen molar-refractivity contribution in [1.82, 2.24) is 9.80 Å². The van der Waals surface area contributed by atoms with Crippen LogP contribution in [0, 0.1) is 5.92 Å². The normalized spacial score (nSPS) is 31.6. The molecule has 4 rings (SSSR count). The van der Waals surface area contributed by atoms with Gasteiger partial charge in [0, 0.05) is 45.4 Å². The van der Waals surface area contributed by atoms with Gasteiger partial charge >= 0.3 is 0 Å². The minimum absolute atomic E-state index is 0.502. The second kappa shape index (κ2) is 5.76. The Morgan fingerprint density at radius 3 is 3.00 bits per heavy atom. The fourth-order valence-electron chi connectivity index (χ4n) is 3.52. The smallest absolute Gasteiger partial charge is 0.0717 e. The van der Waals surface area contributed by atoms with Crippen LogP contribution in [0.25, 0.3) is 0 Å². The van der Waals surface area contributed by atoms with E-state index in [2.05, 4.69) is 26.6 Å². The zero-order valence-corrected chi connectivity index (χ0v) is 12.9. The fourth-order valence-corrected chi connectivity index (χ4v) is 4.18. The molecular formula is C16H24N2OS. The molecule has 3 fully saturated rings. The predicted molar refractivity (Wildman–Crippen MR) is 82.0 cm³/mol. The average Bonchev–Trinajstić information content (AvgIpc) is 2.97. The van der Waals surface area contributed by atoms with Gasteiger partial charge in [-0.2, -0.15) is 11.3 Å². The third kappa shape index (κ3) is 3.08. The number of ether oxygens (including phenoxy) is 1. The maximum atomic E-state index is 6.10. The second-order valence-electron chi connectivity index (χ2n) is 6.65. The molecule has 1 saturated carbocycles. The van der Waals surface area contributed by atoms with Crippen molar-refractivity contribution in [3.63, 3.8) is 0 Å². The van der Waals surface area contributed by atoms with Crippen molar-refractivity contribution in [2.75, 3.05) is 32.8 Å². The Labute approximate surface area is 125 Å². The van der Waals surface area contributed by atoms with Crippen molar-refractivity contribution in [3.05, 3.63) is 22.4 Å². The maximum absolute atomic E-state index is 6.10. The van der Waals surface area contributed by atoms with E-state index in [0.29, 0.717) is 6.10 Å². The molecule has 20 heavy (non-hydrogen) atoms. The summed E-state index contributed by atoms with van der Waals surface area (Å²) in [6.07, 6.45) is 4.54. The van der Waals surface area contributed by atoms with E-state index in [4.69, 9.17) is 4.74 Å². The summed E-state index contributed by atoms with van der Waals surface area (Å²) in [6, 6.07) is 2.99. The molecule has 0 radical (unpaired) electrons. The first kappa shape index (κ1) is 13.3. The van der Waals surface area contributed by atoms with Crippen LogP contribution in [-0.4, -0.2) is 54.7 Å². The van der Waals surface area contributed by atoms with Crippen molar-refractivity contribution in [2.24, 2.45) is 5.92 Å². The van der Waals surface area contributed by atoms with Crippen LogP contribution in [0.15, 0.2) is 16.8 Å². The SMILES string of the molecule is c1cc(CN2CCN3C[C@H](OCC4CC4)C[C@@H]3C2)cs1. The number of piperazine rings is 1. The van der Waals surface area contributed by atoms with Crippen molar-refractivity contribution < 1.29 is 4.74 Å². The first-order valence-electron chi connectivity index (χ1n) is 7.96. The number of hydrogen-bond donors (Lipinski definition) is 0. The predicted octanol–water partition coefficient (Wildman–Crippen LogP) is 2.43. The molecule has 0 unspecified atom stereocenters. The van der Waals surface area contributed by atoms with Gasteiger partial charge in [0.15, 0.2) is 0 Å². The second-order valence-corrected chi connectivity index (χ2v) is 7.43. The summed E-state index contributed by atoms with van der Waals surface area (Å²) >= 11 is 1.81. The van der Waals surface area contributed by atoms with Crippen molar-refractivity contribution in [3.8, 4) is 0 Å². The topological polar surface area (TPSA) is 15.7 Å². The lowest BCUT2D eigenvalue weighted by atomic mass is 10.1. The molecule has 3 heterocycles. The van der Waals surface area contributed by atoms with Gasteiger partial charge in [0.1, 0.15) is 0 Å². The zero-order chi connectivity index (χ0) is 13.4. The molecule has 2 saturated heterocycles. The lowest BCUT2D eigenvalue weighted by Gasteiger charge is -2.37. The van der Waals surface area contributed by atoms with Crippen LogP contribution in [0.5, 0.6) is 0 Å². The number of thiophene rings is 1. The van der Waals surface area contributed by atoms with Crippen LogP contribution in [0.2, 0.25) is 0 Å². The monoisotopic (exact) mass is 292 g/mol. The standard InChI is InChI=1S/C16H24N2OS/c1-2-13(1)11-19-16-7-15-9-17(4-5-18(15)10-16)8-14-3-6-20-12-14/h3,6,12-13,15-16H,1-2,4-5,7-11H2/t15-,16-/m1/s1. The van der Waals surface area contributed by atoms with Gasteiger partial charge in [0.2, 0.25) is 0 Å². The van der Waals surface area contributed by atoms with Crippen LogP contribution in [0.3, 0.4) is 0 Å². The lowest BCUT2D eigenvalue weighted by Crippen LogP contribution is -2.49. The van der Waals surface area contributed by atoms with Gasteiger partial charge in [-0.05, 0) is 47.6 Å². The van der Waals surface area contributed by atoms with Crippen molar-refractivity contribution in [2.45, 2.75) is 38.0 Å². The molecule has 3 nitrogen and oxygen atoms in total. The van der Waals surface area contributed by atoms with Gasteiger partial charge in [-0.1, -0.05) is 0 Å². The van der Waals surface area contributed by atoms with Crippen LogP contribution in [0.1, 0.15) is 24.8 Å². The molecule has 0 bridgehead atoms. The Kier molecular flexibility index (Phi) is 3.82. The largest absolute Gasteiger partial charge is 0.377 e. The summed E-state index contributed by atoms with van der Waals surface area (Å²) in [6.45, 7) is 6.97. The van der Waals surface area contributed by atoms with Gasteiger partial charge in [-0.15, -0.1) is 0 Å². The van der Waals surface area contributed by atoms with Gasteiger partial charge in [0.25, 0.3) is 0 Å². The van der Waals surface area contributed by atoms with E-state index >= 15 is 0 Å². The minimum Gasteiger partial charge on any atom is -0.377 e. The van der Waals surface area contributed by atoms with E-state index < -0.39 is 0 Å². The van der Waals surface area contributed by atoms with E-state index in [9.17, 15) is 0 Å². The summed E-state index contributed by atoms with van der Waals surface area (Å²) in [5.74, 6) is 0.891. The molecule has 1 aromatic heterocycles. The molecular weight excluding hydrogens is 268 g/mol. The van der Waals surface area contributed by atoms with Crippen molar-refractivity contribution >= 4 is 11.3 Å². The zero-order valence-electron chi connectivity index (χ0n) is 12.0. The maximum Gasteiger partial charge on any atom is 0.0717 e. The van der Waals surface area contributed by atoms with E-state index in [-0.39, 0.29) is 0 Å². The number of fused-ring (bicyclic) bond motifs is 1. The molecule has 0 spiro atoms. The molecule has 2 atom stereocenters. The van der Waals surface area contributed by atoms with Gasteiger partial charge in [0.05, 0.1) is 6.10 Å². The van der Waals surface area contributed by atoms with Gasteiger partial charge in [-0.3, -0.25) is 9.80 Å². The summed E-state index contributed by atoms with van der Waals surface area (Å²) in [5.41, 5.74) is 1.47. The first-order valence-corrected chi connectivity index (χ1v) is 8.90. The summed E-state index contributed by atoms with van der Waals surface area (Å²) in [5, 5.41) is 4.46. The molecule has 0 N–H and O–H groups in total. The highest BCUT2D eigenvalue weighted by Crippen LogP contribution is 2.31. The summed E-state index contributed by atoms with van der Waals surface area (Å²) in [4.78, 5) is 5.27. The number of nitrogens with zero attached hydrogens (tertiary/aromatic N) is 2. The first-order chi connectivity index (χ1) is 9.87. The third-order valence-electron chi connectivity index (χ3n) is 4.91. The Balaban J connectivity index is 1.28. The number of rotatable bonds is 5. The Hall–Kier alpha value is -0.420. The van der Waals surface area contributed by atoms with E-state index in [1.54, 1.807) is 11.3 Å². The highest BCUT2D eigenvalue weighted by molar-refractivity contribution is 7.07. The summed E-state index contributed by atoms with van der Waals surface area (Å²) in [7, 11) is 0. The molecule has 2 aliphatic heterocycles. The highest BCUT2D eigenvalue weighted by Gasteiger charge is 2.37. The Morgan fingerprint density at radius 2 is 2.20 bits per heavy atom.